The highest BCUT2D eigenvalue weighted by molar-refractivity contribution is 6.02. The number of benzene rings is 2. The molecule has 0 saturated carbocycles. The Kier molecular flexibility index (Phi) is 4.00. The van der Waals surface area contributed by atoms with Gasteiger partial charge in [0.05, 0.1) is 0 Å². The van der Waals surface area contributed by atoms with Crippen LogP contribution in [-0.2, 0) is 9.59 Å². The maximum Gasteiger partial charge on any atom is 0.244 e. The average molecular weight is 356 g/mol. The van der Waals surface area contributed by atoms with Gasteiger partial charge in [-0.15, -0.1) is 0 Å². The molecular weight excluding hydrogens is 340 g/mol. The van der Waals surface area contributed by atoms with E-state index in [0.29, 0.717) is 34.4 Å². The maximum atomic E-state index is 12.4. The van der Waals surface area contributed by atoms with Gasteiger partial charge < -0.3 is 29.2 Å². The number of nitrogens with zero attached hydrogens (tertiary/aromatic N) is 1. The lowest BCUT2D eigenvalue weighted by Gasteiger charge is -2.21. The number of hydrogen-bond acceptors (Lipinski definition) is 6. The molecule has 0 aliphatic carbocycles. The van der Waals surface area contributed by atoms with Crippen LogP contribution >= 0.6 is 0 Å². The van der Waals surface area contributed by atoms with Gasteiger partial charge in [0.25, 0.3) is 0 Å². The Morgan fingerprint density at radius 1 is 0.923 bits per heavy atom. The second-order valence-electron chi connectivity index (χ2n) is 5.76. The summed E-state index contributed by atoms with van der Waals surface area (Å²) in [7, 11) is 0. The number of anilines is 2. The van der Waals surface area contributed by atoms with Crippen LogP contribution in [0.15, 0.2) is 36.4 Å². The summed E-state index contributed by atoms with van der Waals surface area (Å²) in [5, 5.41) is 2.75. The van der Waals surface area contributed by atoms with Crippen molar-refractivity contribution in [1.82, 2.24) is 0 Å². The summed E-state index contributed by atoms with van der Waals surface area (Å²) in [4.78, 5) is 25.8. The topological polar surface area (TPSA) is 86.3 Å². The zero-order valence-electron chi connectivity index (χ0n) is 14.0. The standard InChI is InChI=1S/C18H16N2O6/c1-11(21)20(13-3-5-15-17(7-13)26-10-24-15)8-18(22)19-12-2-4-14-16(6-12)25-9-23-14/h2-7H,8-10H2,1H3,(H,19,22). The van der Waals surface area contributed by atoms with Crippen molar-refractivity contribution in [3.8, 4) is 23.0 Å². The zero-order chi connectivity index (χ0) is 18.1. The molecule has 0 spiro atoms. The largest absolute Gasteiger partial charge is 0.454 e. The van der Waals surface area contributed by atoms with Gasteiger partial charge in [-0.1, -0.05) is 0 Å². The minimum absolute atomic E-state index is 0.135. The van der Waals surface area contributed by atoms with Gasteiger partial charge in [-0.3, -0.25) is 9.59 Å². The molecule has 2 aromatic carbocycles. The summed E-state index contributed by atoms with van der Waals surface area (Å²) in [6.07, 6.45) is 0. The van der Waals surface area contributed by atoms with Gasteiger partial charge in [0.15, 0.2) is 23.0 Å². The van der Waals surface area contributed by atoms with Crippen molar-refractivity contribution in [1.29, 1.82) is 0 Å². The van der Waals surface area contributed by atoms with Gasteiger partial charge >= 0.3 is 0 Å². The minimum Gasteiger partial charge on any atom is -0.454 e. The van der Waals surface area contributed by atoms with Crippen molar-refractivity contribution in [2.24, 2.45) is 0 Å². The molecule has 2 amide bonds. The highest BCUT2D eigenvalue weighted by Crippen LogP contribution is 2.36. The molecular formula is C18H16N2O6. The molecule has 26 heavy (non-hydrogen) atoms. The number of nitrogens with one attached hydrogen (secondary N) is 1. The van der Waals surface area contributed by atoms with Crippen LogP contribution in [0.5, 0.6) is 23.0 Å². The molecule has 8 heteroatoms. The first-order chi connectivity index (χ1) is 12.6. The molecule has 4 rings (SSSR count). The second kappa shape index (κ2) is 6.47. The van der Waals surface area contributed by atoms with E-state index in [2.05, 4.69) is 5.32 Å². The van der Waals surface area contributed by atoms with E-state index >= 15 is 0 Å². The first kappa shape index (κ1) is 16.1. The van der Waals surface area contributed by atoms with Gasteiger partial charge in [-0.2, -0.15) is 0 Å². The van der Waals surface area contributed by atoms with E-state index in [9.17, 15) is 9.59 Å². The highest BCUT2D eigenvalue weighted by Gasteiger charge is 2.21. The van der Waals surface area contributed by atoms with E-state index in [1.54, 1.807) is 36.4 Å². The van der Waals surface area contributed by atoms with Crippen LogP contribution in [0.3, 0.4) is 0 Å². The first-order valence-corrected chi connectivity index (χ1v) is 7.97. The quantitative estimate of drug-likeness (QED) is 0.903. The Morgan fingerprint density at radius 2 is 1.54 bits per heavy atom. The van der Waals surface area contributed by atoms with E-state index in [4.69, 9.17) is 18.9 Å². The Morgan fingerprint density at radius 3 is 2.23 bits per heavy atom. The summed E-state index contributed by atoms with van der Waals surface area (Å²) in [6, 6.07) is 10.2. The Labute approximate surface area is 149 Å². The summed E-state index contributed by atoms with van der Waals surface area (Å²) < 4.78 is 21.1. The van der Waals surface area contributed by atoms with Crippen molar-refractivity contribution in [3.63, 3.8) is 0 Å². The van der Waals surface area contributed by atoms with Gasteiger partial charge in [0.2, 0.25) is 25.4 Å². The monoisotopic (exact) mass is 356 g/mol. The fraction of sp³-hybridized carbons (Fsp3) is 0.222. The molecule has 134 valence electrons. The number of fused-ring (bicyclic) bond motifs is 2. The van der Waals surface area contributed by atoms with Crippen molar-refractivity contribution in [2.75, 3.05) is 30.3 Å². The van der Waals surface area contributed by atoms with E-state index in [0.717, 1.165) is 0 Å². The Bertz CT molecular complexity index is 882. The molecule has 2 aliphatic heterocycles. The van der Waals surface area contributed by atoms with Gasteiger partial charge in [0, 0.05) is 30.4 Å². The summed E-state index contributed by atoms with van der Waals surface area (Å²) in [5.74, 6) is 1.77. The number of carbonyl (C=O) groups is 2. The number of rotatable bonds is 4. The third-order valence-corrected chi connectivity index (χ3v) is 4.01. The lowest BCUT2D eigenvalue weighted by Crippen LogP contribution is -2.36. The third kappa shape index (κ3) is 3.08. The van der Waals surface area contributed by atoms with Crippen LogP contribution in [0.2, 0.25) is 0 Å². The molecule has 0 unspecified atom stereocenters. The van der Waals surface area contributed by atoms with E-state index < -0.39 is 0 Å². The molecule has 1 N–H and O–H groups in total. The van der Waals surface area contributed by atoms with Gasteiger partial charge in [0.1, 0.15) is 6.54 Å². The lowest BCUT2D eigenvalue weighted by molar-refractivity contribution is -0.120. The maximum absolute atomic E-state index is 12.4. The predicted molar refractivity (Wildman–Crippen MR) is 91.8 cm³/mol. The van der Waals surface area contributed by atoms with Crippen molar-refractivity contribution < 1.29 is 28.5 Å². The van der Waals surface area contributed by atoms with E-state index in [-0.39, 0.29) is 31.9 Å². The van der Waals surface area contributed by atoms with Gasteiger partial charge in [-0.25, -0.2) is 0 Å². The lowest BCUT2D eigenvalue weighted by atomic mass is 10.2. The molecule has 0 aromatic heterocycles. The molecule has 0 bridgehead atoms. The summed E-state index contributed by atoms with van der Waals surface area (Å²) >= 11 is 0. The summed E-state index contributed by atoms with van der Waals surface area (Å²) in [5.41, 5.74) is 1.12. The number of ether oxygens (including phenoxy) is 4. The fourth-order valence-corrected chi connectivity index (χ4v) is 2.76. The highest BCUT2D eigenvalue weighted by atomic mass is 16.7. The SMILES string of the molecule is CC(=O)N(CC(=O)Nc1ccc2c(c1)OCO2)c1ccc2c(c1)OCO2. The zero-order valence-corrected chi connectivity index (χ0v) is 14.0. The Balaban J connectivity index is 1.48. The smallest absolute Gasteiger partial charge is 0.244 e. The van der Waals surface area contributed by atoms with Crippen LogP contribution in [-0.4, -0.2) is 31.9 Å². The molecule has 0 saturated heterocycles. The first-order valence-electron chi connectivity index (χ1n) is 7.97. The van der Waals surface area contributed by atoms with Crippen molar-refractivity contribution in [2.45, 2.75) is 6.92 Å². The van der Waals surface area contributed by atoms with Crippen molar-refractivity contribution in [3.05, 3.63) is 36.4 Å². The minimum atomic E-state index is -0.336. The van der Waals surface area contributed by atoms with Crippen LogP contribution in [0.4, 0.5) is 11.4 Å². The van der Waals surface area contributed by atoms with Crippen LogP contribution in [0, 0.1) is 0 Å². The number of amides is 2. The second-order valence-corrected chi connectivity index (χ2v) is 5.76. The number of carbonyl (C=O) groups excluding carboxylic acids is 2. The molecule has 0 atom stereocenters. The molecule has 0 fully saturated rings. The third-order valence-electron chi connectivity index (χ3n) is 4.01. The van der Waals surface area contributed by atoms with E-state index in [1.165, 1.54) is 11.8 Å². The van der Waals surface area contributed by atoms with Crippen LogP contribution in [0.1, 0.15) is 6.92 Å². The average Bonchev–Trinajstić information content (AvgIpc) is 3.27. The molecule has 2 aliphatic rings. The molecule has 8 nitrogen and oxygen atoms in total. The van der Waals surface area contributed by atoms with Gasteiger partial charge in [-0.05, 0) is 24.3 Å². The van der Waals surface area contributed by atoms with E-state index in [1.807, 2.05) is 0 Å². The molecule has 0 radical (unpaired) electrons. The van der Waals surface area contributed by atoms with Crippen molar-refractivity contribution >= 4 is 23.2 Å². The van der Waals surface area contributed by atoms with Crippen LogP contribution < -0.4 is 29.2 Å². The molecule has 2 aromatic rings. The molecule has 2 heterocycles. The number of hydrogen-bond donors (Lipinski definition) is 1. The normalized spacial score (nSPS) is 13.4. The summed E-state index contributed by atoms with van der Waals surface area (Å²) in [6.45, 7) is 1.57. The van der Waals surface area contributed by atoms with Crippen LogP contribution in [0.25, 0.3) is 0 Å². The fourth-order valence-electron chi connectivity index (χ4n) is 2.76. The predicted octanol–water partition coefficient (Wildman–Crippen LogP) is 2.14. The Hall–Kier alpha value is -3.42.